The molecule has 3 N–H and O–H groups in total. The van der Waals surface area contributed by atoms with Gasteiger partial charge in [-0.25, -0.2) is 4.98 Å². The van der Waals surface area contributed by atoms with E-state index >= 15 is 0 Å². The summed E-state index contributed by atoms with van der Waals surface area (Å²) in [6, 6.07) is 7.18. The summed E-state index contributed by atoms with van der Waals surface area (Å²) in [5.74, 6) is 0.734. The standard InChI is InChI=1S/C14H18N4O/c1-10(2)9-18-8-7-16-13(14(18)19)17-12-5-3-11(15)4-6-12/h3-8,10H,9,15H2,1-2H3,(H,16,17). The summed E-state index contributed by atoms with van der Waals surface area (Å²) in [7, 11) is 0. The quantitative estimate of drug-likeness (QED) is 0.825. The Kier molecular flexibility index (Phi) is 3.85. The van der Waals surface area contributed by atoms with Crippen LogP contribution in [0.3, 0.4) is 0 Å². The highest BCUT2D eigenvalue weighted by Crippen LogP contribution is 2.13. The van der Waals surface area contributed by atoms with Crippen molar-refractivity contribution in [3.05, 3.63) is 47.0 Å². The van der Waals surface area contributed by atoms with Gasteiger partial charge in [-0.1, -0.05) is 13.8 Å². The monoisotopic (exact) mass is 258 g/mol. The van der Waals surface area contributed by atoms with Crippen molar-refractivity contribution in [2.75, 3.05) is 11.1 Å². The van der Waals surface area contributed by atoms with Crippen LogP contribution in [0, 0.1) is 5.92 Å². The fourth-order valence-electron chi connectivity index (χ4n) is 1.77. The number of nitrogens with one attached hydrogen (secondary N) is 1. The summed E-state index contributed by atoms with van der Waals surface area (Å²) in [6.45, 7) is 4.82. The molecule has 1 heterocycles. The van der Waals surface area contributed by atoms with E-state index in [1.54, 1.807) is 29.1 Å². The van der Waals surface area contributed by atoms with Crippen LogP contribution in [0.5, 0.6) is 0 Å². The molecule has 2 rings (SSSR count). The molecule has 0 aliphatic heterocycles. The van der Waals surface area contributed by atoms with Gasteiger partial charge >= 0.3 is 0 Å². The number of hydrogen-bond donors (Lipinski definition) is 2. The van der Waals surface area contributed by atoms with Crippen molar-refractivity contribution in [3.8, 4) is 0 Å². The van der Waals surface area contributed by atoms with E-state index in [-0.39, 0.29) is 5.56 Å². The summed E-state index contributed by atoms with van der Waals surface area (Å²) in [6.07, 6.45) is 3.33. The van der Waals surface area contributed by atoms with Gasteiger partial charge in [0, 0.05) is 30.3 Å². The molecular weight excluding hydrogens is 240 g/mol. The number of aromatic nitrogens is 2. The predicted molar refractivity (Wildman–Crippen MR) is 77.5 cm³/mol. The van der Waals surface area contributed by atoms with E-state index in [9.17, 15) is 4.79 Å². The van der Waals surface area contributed by atoms with E-state index in [0.717, 1.165) is 5.69 Å². The minimum Gasteiger partial charge on any atom is -0.399 e. The highest BCUT2D eigenvalue weighted by molar-refractivity contribution is 5.58. The molecule has 1 aromatic carbocycles. The number of nitrogens with zero attached hydrogens (tertiary/aromatic N) is 2. The molecule has 0 fully saturated rings. The number of nitrogens with two attached hydrogens (primary N) is 1. The lowest BCUT2D eigenvalue weighted by molar-refractivity contribution is 0.510. The molecule has 0 atom stereocenters. The van der Waals surface area contributed by atoms with Gasteiger partial charge in [-0.15, -0.1) is 0 Å². The van der Waals surface area contributed by atoms with E-state index in [4.69, 9.17) is 5.73 Å². The van der Waals surface area contributed by atoms with Crippen molar-refractivity contribution in [2.24, 2.45) is 5.92 Å². The van der Waals surface area contributed by atoms with Gasteiger partial charge in [-0.2, -0.15) is 0 Å². The van der Waals surface area contributed by atoms with E-state index < -0.39 is 0 Å². The van der Waals surface area contributed by atoms with Crippen molar-refractivity contribution in [3.63, 3.8) is 0 Å². The second-order valence-electron chi connectivity index (χ2n) is 4.87. The Bertz CT molecular complexity index is 602. The molecule has 2 aromatic rings. The first-order chi connectivity index (χ1) is 9.06. The highest BCUT2D eigenvalue weighted by Gasteiger charge is 2.06. The first kappa shape index (κ1) is 13.1. The van der Waals surface area contributed by atoms with E-state index in [1.807, 2.05) is 12.1 Å². The number of anilines is 3. The highest BCUT2D eigenvalue weighted by atomic mass is 16.1. The zero-order valence-corrected chi connectivity index (χ0v) is 11.1. The summed E-state index contributed by atoms with van der Waals surface area (Å²) in [5.41, 5.74) is 6.98. The third-order valence-corrected chi connectivity index (χ3v) is 2.65. The van der Waals surface area contributed by atoms with Crippen molar-refractivity contribution in [2.45, 2.75) is 20.4 Å². The maximum absolute atomic E-state index is 12.2. The first-order valence-corrected chi connectivity index (χ1v) is 6.24. The molecule has 0 radical (unpaired) electrons. The average molecular weight is 258 g/mol. The van der Waals surface area contributed by atoms with Crippen LogP contribution in [0.4, 0.5) is 17.2 Å². The Morgan fingerprint density at radius 3 is 2.63 bits per heavy atom. The Morgan fingerprint density at radius 2 is 2.00 bits per heavy atom. The Morgan fingerprint density at radius 1 is 1.32 bits per heavy atom. The maximum Gasteiger partial charge on any atom is 0.293 e. The summed E-state index contributed by atoms with van der Waals surface area (Å²) >= 11 is 0. The predicted octanol–water partition coefficient (Wildman–Crippen LogP) is 2.23. The summed E-state index contributed by atoms with van der Waals surface area (Å²) < 4.78 is 1.66. The third kappa shape index (κ3) is 3.34. The molecule has 100 valence electrons. The van der Waals surface area contributed by atoms with Crippen LogP contribution < -0.4 is 16.6 Å². The smallest absolute Gasteiger partial charge is 0.293 e. The molecule has 5 nitrogen and oxygen atoms in total. The topological polar surface area (TPSA) is 72.9 Å². The van der Waals surface area contributed by atoms with Crippen LogP contribution in [0.2, 0.25) is 0 Å². The summed E-state index contributed by atoms with van der Waals surface area (Å²) in [4.78, 5) is 16.3. The number of rotatable bonds is 4. The van der Waals surface area contributed by atoms with Gasteiger partial charge in [-0.3, -0.25) is 4.79 Å². The Balaban J connectivity index is 2.25. The van der Waals surface area contributed by atoms with Crippen molar-refractivity contribution < 1.29 is 0 Å². The van der Waals surface area contributed by atoms with Gasteiger partial charge in [-0.05, 0) is 30.2 Å². The Hall–Kier alpha value is -2.30. The van der Waals surface area contributed by atoms with Crippen LogP contribution >= 0.6 is 0 Å². The van der Waals surface area contributed by atoms with Gasteiger partial charge in [0.15, 0.2) is 5.82 Å². The largest absolute Gasteiger partial charge is 0.399 e. The van der Waals surface area contributed by atoms with Crippen LogP contribution in [-0.2, 0) is 6.54 Å². The number of hydrogen-bond acceptors (Lipinski definition) is 4. The van der Waals surface area contributed by atoms with Gasteiger partial charge in [0.05, 0.1) is 0 Å². The zero-order chi connectivity index (χ0) is 13.8. The van der Waals surface area contributed by atoms with Crippen molar-refractivity contribution in [1.29, 1.82) is 0 Å². The van der Waals surface area contributed by atoms with E-state index in [1.165, 1.54) is 0 Å². The van der Waals surface area contributed by atoms with Gasteiger partial charge in [0.25, 0.3) is 5.56 Å². The minimum absolute atomic E-state index is 0.118. The molecule has 0 spiro atoms. The third-order valence-electron chi connectivity index (χ3n) is 2.65. The molecule has 1 aromatic heterocycles. The van der Waals surface area contributed by atoms with Crippen LogP contribution in [-0.4, -0.2) is 9.55 Å². The fourth-order valence-corrected chi connectivity index (χ4v) is 1.77. The zero-order valence-electron chi connectivity index (χ0n) is 11.1. The molecule has 5 heteroatoms. The molecule has 19 heavy (non-hydrogen) atoms. The van der Waals surface area contributed by atoms with Crippen LogP contribution in [0.25, 0.3) is 0 Å². The lowest BCUT2D eigenvalue weighted by atomic mass is 10.2. The lowest BCUT2D eigenvalue weighted by Gasteiger charge is -2.10. The van der Waals surface area contributed by atoms with Gasteiger partial charge in [0.2, 0.25) is 0 Å². The second-order valence-corrected chi connectivity index (χ2v) is 4.87. The van der Waals surface area contributed by atoms with Crippen molar-refractivity contribution in [1.82, 2.24) is 9.55 Å². The molecule has 0 saturated heterocycles. The molecule has 0 saturated carbocycles. The summed E-state index contributed by atoms with van der Waals surface area (Å²) in [5, 5.41) is 3.01. The van der Waals surface area contributed by atoms with Gasteiger partial charge in [0.1, 0.15) is 0 Å². The SMILES string of the molecule is CC(C)Cn1ccnc(Nc2ccc(N)cc2)c1=O. The normalized spacial score (nSPS) is 10.7. The van der Waals surface area contributed by atoms with Crippen molar-refractivity contribution >= 4 is 17.2 Å². The average Bonchev–Trinajstić information content (AvgIpc) is 2.36. The number of nitrogen functional groups attached to an aromatic ring is 1. The lowest BCUT2D eigenvalue weighted by Crippen LogP contribution is -2.24. The maximum atomic E-state index is 12.2. The second kappa shape index (κ2) is 5.56. The molecule has 0 unspecified atom stereocenters. The van der Waals surface area contributed by atoms with E-state index in [2.05, 4.69) is 24.1 Å². The molecule has 0 bridgehead atoms. The fraction of sp³-hybridized carbons (Fsp3) is 0.286. The molecular formula is C14H18N4O. The van der Waals surface area contributed by atoms with Gasteiger partial charge < -0.3 is 15.6 Å². The molecule has 0 amide bonds. The van der Waals surface area contributed by atoms with Crippen LogP contribution in [0.15, 0.2) is 41.5 Å². The van der Waals surface area contributed by atoms with E-state index in [0.29, 0.717) is 24.0 Å². The van der Waals surface area contributed by atoms with Crippen LogP contribution in [0.1, 0.15) is 13.8 Å². The first-order valence-electron chi connectivity index (χ1n) is 6.24. The minimum atomic E-state index is -0.118. The molecule has 0 aliphatic rings. The number of benzene rings is 1. The molecule has 0 aliphatic carbocycles. The Labute approximate surface area is 112 Å².